The van der Waals surface area contributed by atoms with Gasteiger partial charge in [0.05, 0.1) is 6.61 Å². The average molecular weight is 199 g/mol. The summed E-state index contributed by atoms with van der Waals surface area (Å²) in [6, 6.07) is 0. The SMILES string of the molecule is CCOC(=O)/C(=N/OC1CC1)C(=N)N. The molecule has 1 fully saturated rings. The number of nitrogens with two attached hydrogens (primary N) is 1. The van der Waals surface area contributed by atoms with E-state index in [-0.39, 0.29) is 18.4 Å². The van der Waals surface area contributed by atoms with Crippen LogP contribution in [0.4, 0.5) is 0 Å². The third-order valence-corrected chi connectivity index (χ3v) is 1.54. The van der Waals surface area contributed by atoms with Crippen LogP contribution in [0.3, 0.4) is 0 Å². The summed E-state index contributed by atoms with van der Waals surface area (Å²) in [5.41, 5.74) is 4.88. The minimum atomic E-state index is -0.722. The van der Waals surface area contributed by atoms with E-state index >= 15 is 0 Å². The van der Waals surface area contributed by atoms with Gasteiger partial charge in [0.15, 0.2) is 5.84 Å². The van der Waals surface area contributed by atoms with Crippen LogP contribution in [0.25, 0.3) is 0 Å². The fourth-order valence-corrected chi connectivity index (χ4v) is 0.697. The highest BCUT2D eigenvalue weighted by Crippen LogP contribution is 2.23. The Bertz CT molecular complexity index is 271. The van der Waals surface area contributed by atoms with Crippen molar-refractivity contribution >= 4 is 17.5 Å². The highest BCUT2D eigenvalue weighted by atomic mass is 16.6. The van der Waals surface area contributed by atoms with Gasteiger partial charge in [-0.15, -0.1) is 0 Å². The number of nitrogens with zero attached hydrogens (tertiary/aromatic N) is 1. The van der Waals surface area contributed by atoms with Crippen molar-refractivity contribution in [3.8, 4) is 0 Å². The second-order valence-electron chi connectivity index (χ2n) is 2.88. The normalized spacial score (nSPS) is 16.2. The molecular weight excluding hydrogens is 186 g/mol. The summed E-state index contributed by atoms with van der Waals surface area (Å²) >= 11 is 0. The summed E-state index contributed by atoms with van der Waals surface area (Å²) < 4.78 is 4.65. The Morgan fingerprint density at radius 2 is 2.29 bits per heavy atom. The number of hydrogen-bond donors (Lipinski definition) is 2. The van der Waals surface area contributed by atoms with Crippen molar-refractivity contribution in [1.29, 1.82) is 5.41 Å². The summed E-state index contributed by atoms with van der Waals surface area (Å²) in [7, 11) is 0. The molecule has 6 heteroatoms. The maximum absolute atomic E-state index is 11.2. The molecule has 0 spiro atoms. The van der Waals surface area contributed by atoms with E-state index in [1.165, 1.54) is 0 Å². The Hall–Kier alpha value is -1.59. The van der Waals surface area contributed by atoms with Crippen LogP contribution < -0.4 is 5.73 Å². The maximum Gasteiger partial charge on any atom is 0.364 e. The quantitative estimate of drug-likeness (QED) is 0.282. The van der Waals surface area contributed by atoms with Crippen molar-refractivity contribution in [2.45, 2.75) is 25.9 Å². The molecule has 0 bridgehead atoms. The van der Waals surface area contributed by atoms with Crippen molar-refractivity contribution in [2.24, 2.45) is 10.9 Å². The lowest BCUT2D eigenvalue weighted by atomic mass is 10.3. The fourth-order valence-electron chi connectivity index (χ4n) is 0.697. The van der Waals surface area contributed by atoms with Gasteiger partial charge >= 0.3 is 5.97 Å². The second kappa shape index (κ2) is 4.59. The summed E-state index contributed by atoms with van der Waals surface area (Å²) in [4.78, 5) is 16.1. The van der Waals surface area contributed by atoms with E-state index in [1.807, 2.05) is 0 Å². The predicted octanol–water partition coefficient (Wildman–Crippen LogP) is 0.0205. The van der Waals surface area contributed by atoms with Crippen LogP contribution in [0.5, 0.6) is 0 Å². The van der Waals surface area contributed by atoms with E-state index < -0.39 is 11.8 Å². The topological polar surface area (TPSA) is 97.8 Å². The van der Waals surface area contributed by atoms with Crippen LogP contribution in [-0.2, 0) is 14.4 Å². The molecule has 0 saturated heterocycles. The molecule has 6 nitrogen and oxygen atoms in total. The lowest BCUT2D eigenvalue weighted by Crippen LogP contribution is -2.32. The molecule has 0 aliphatic heterocycles. The molecule has 1 aliphatic rings. The Morgan fingerprint density at radius 3 is 2.71 bits per heavy atom. The third-order valence-electron chi connectivity index (χ3n) is 1.54. The average Bonchev–Trinajstić information content (AvgIpc) is 2.88. The second-order valence-corrected chi connectivity index (χ2v) is 2.88. The summed E-state index contributed by atoms with van der Waals surface area (Å²) in [5, 5.41) is 10.6. The predicted molar refractivity (Wildman–Crippen MR) is 50.1 cm³/mol. The first kappa shape index (κ1) is 10.5. The number of rotatable bonds is 5. The molecule has 0 radical (unpaired) electrons. The first-order chi connectivity index (χ1) is 6.65. The first-order valence-corrected chi connectivity index (χ1v) is 4.40. The van der Waals surface area contributed by atoms with Gasteiger partial charge in [0, 0.05) is 0 Å². The minimum Gasteiger partial charge on any atom is -0.461 e. The molecule has 3 N–H and O–H groups in total. The van der Waals surface area contributed by atoms with Gasteiger partial charge in [-0.3, -0.25) is 5.41 Å². The number of ether oxygens (including phenoxy) is 1. The van der Waals surface area contributed by atoms with Crippen molar-refractivity contribution < 1.29 is 14.4 Å². The van der Waals surface area contributed by atoms with Crippen molar-refractivity contribution in [1.82, 2.24) is 0 Å². The minimum absolute atomic E-state index is 0.0683. The zero-order chi connectivity index (χ0) is 10.6. The molecule has 0 aromatic carbocycles. The van der Waals surface area contributed by atoms with Gasteiger partial charge in [0.25, 0.3) is 0 Å². The van der Waals surface area contributed by atoms with Crippen LogP contribution in [0, 0.1) is 5.41 Å². The zero-order valence-electron chi connectivity index (χ0n) is 7.95. The molecule has 0 aromatic heterocycles. The highest BCUT2D eigenvalue weighted by Gasteiger charge is 2.25. The Kier molecular flexibility index (Phi) is 3.44. The van der Waals surface area contributed by atoms with E-state index in [1.54, 1.807) is 6.92 Å². The van der Waals surface area contributed by atoms with E-state index in [2.05, 4.69) is 9.89 Å². The molecule has 1 aliphatic carbocycles. The van der Waals surface area contributed by atoms with Crippen molar-refractivity contribution in [2.75, 3.05) is 6.61 Å². The van der Waals surface area contributed by atoms with E-state index in [0.717, 1.165) is 12.8 Å². The van der Waals surface area contributed by atoms with E-state index in [0.29, 0.717) is 0 Å². The summed E-state index contributed by atoms with van der Waals surface area (Å²) in [5.74, 6) is -1.16. The monoisotopic (exact) mass is 199 g/mol. The number of amidine groups is 1. The Morgan fingerprint density at radius 1 is 1.64 bits per heavy atom. The fraction of sp³-hybridized carbons (Fsp3) is 0.625. The molecule has 0 amide bonds. The molecule has 0 aromatic rings. The van der Waals surface area contributed by atoms with Gasteiger partial charge in [-0.25, -0.2) is 4.79 Å². The molecule has 1 saturated carbocycles. The molecule has 0 heterocycles. The number of carbonyl (C=O) groups excluding carboxylic acids is 1. The van der Waals surface area contributed by atoms with Crippen LogP contribution in [0.2, 0.25) is 0 Å². The summed E-state index contributed by atoms with van der Waals surface area (Å²) in [6.07, 6.45) is 1.92. The smallest absolute Gasteiger partial charge is 0.364 e. The maximum atomic E-state index is 11.2. The number of oxime groups is 1. The molecule has 0 unspecified atom stereocenters. The van der Waals surface area contributed by atoms with Gasteiger partial charge in [-0.2, -0.15) is 0 Å². The van der Waals surface area contributed by atoms with Gasteiger partial charge in [0.1, 0.15) is 6.10 Å². The molecule has 0 atom stereocenters. The van der Waals surface area contributed by atoms with Gasteiger partial charge < -0.3 is 15.3 Å². The molecule has 78 valence electrons. The molecular formula is C8H13N3O3. The summed E-state index contributed by atoms with van der Waals surface area (Å²) in [6.45, 7) is 1.88. The lowest BCUT2D eigenvalue weighted by molar-refractivity contribution is -0.135. The van der Waals surface area contributed by atoms with Gasteiger partial charge in [-0.05, 0) is 19.8 Å². The van der Waals surface area contributed by atoms with E-state index in [4.69, 9.17) is 16.0 Å². The van der Waals surface area contributed by atoms with Crippen LogP contribution in [-0.4, -0.2) is 30.2 Å². The number of hydrogen-bond acceptors (Lipinski definition) is 5. The lowest BCUT2D eigenvalue weighted by Gasteiger charge is -2.03. The zero-order valence-corrected chi connectivity index (χ0v) is 7.95. The van der Waals surface area contributed by atoms with E-state index in [9.17, 15) is 4.79 Å². The third kappa shape index (κ3) is 3.04. The van der Waals surface area contributed by atoms with Crippen LogP contribution >= 0.6 is 0 Å². The largest absolute Gasteiger partial charge is 0.461 e. The van der Waals surface area contributed by atoms with Crippen LogP contribution in [0.1, 0.15) is 19.8 Å². The van der Waals surface area contributed by atoms with Gasteiger partial charge in [-0.1, -0.05) is 5.16 Å². The Balaban J connectivity index is 2.56. The Labute approximate surface area is 81.6 Å². The highest BCUT2D eigenvalue weighted by molar-refractivity contribution is 6.64. The van der Waals surface area contributed by atoms with Gasteiger partial charge in [0.2, 0.25) is 5.71 Å². The molecule has 1 rings (SSSR count). The van der Waals surface area contributed by atoms with Crippen molar-refractivity contribution in [3.63, 3.8) is 0 Å². The van der Waals surface area contributed by atoms with Crippen LogP contribution in [0.15, 0.2) is 5.16 Å². The number of carbonyl (C=O) groups is 1. The number of esters is 1. The molecule has 14 heavy (non-hydrogen) atoms. The number of nitrogens with one attached hydrogen (secondary N) is 1. The standard InChI is InChI=1S/C8H13N3O3/c1-2-13-8(12)6(7(9)10)11-14-5-3-4-5/h5H,2-4H2,1H3,(H3,9,10)/b11-6+. The first-order valence-electron chi connectivity index (χ1n) is 4.40. The van der Waals surface area contributed by atoms with Crippen molar-refractivity contribution in [3.05, 3.63) is 0 Å².